The Balaban J connectivity index is 1.21. The number of fused-ring (bicyclic) bond motifs is 1. The number of ether oxygens (including phenoxy) is 2. The highest BCUT2D eigenvalue weighted by Gasteiger charge is 2.25. The smallest absolute Gasteiger partial charge is 0.262 e. The fourth-order valence-corrected chi connectivity index (χ4v) is 5.46. The van der Waals surface area contributed by atoms with Gasteiger partial charge in [0.25, 0.3) is 5.91 Å². The lowest BCUT2D eigenvalue weighted by Gasteiger charge is -2.34. The minimum absolute atomic E-state index is 0.00491. The maximum absolute atomic E-state index is 13.2. The van der Waals surface area contributed by atoms with Gasteiger partial charge in [-0.25, -0.2) is 0 Å². The van der Waals surface area contributed by atoms with Crippen LogP contribution in [-0.2, 0) is 27.2 Å². The van der Waals surface area contributed by atoms with Crippen LogP contribution >= 0.6 is 0 Å². The molecule has 1 saturated carbocycles. The van der Waals surface area contributed by atoms with Crippen molar-refractivity contribution in [1.82, 2.24) is 10.2 Å². The van der Waals surface area contributed by atoms with Crippen molar-refractivity contribution in [2.45, 2.75) is 57.4 Å². The number of aromatic hydroxyl groups is 1. The highest BCUT2D eigenvalue weighted by atomic mass is 16.5. The lowest BCUT2D eigenvalue weighted by Crippen LogP contribution is -2.45. The first-order valence-electron chi connectivity index (χ1n) is 14.6. The van der Waals surface area contributed by atoms with Crippen LogP contribution in [0.2, 0.25) is 0 Å². The van der Waals surface area contributed by atoms with Crippen molar-refractivity contribution >= 4 is 23.2 Å². The number of anilines is 1. The Hall–Kier alpha value is -3.76. The maximum Gasteiger partial charge on any atom is 0.262 e. The van der Waals surface area contributed by atoms with E-state index in [1.54, 1.807) is 6.07 Å². The van der Waals surface area contributed by atoms with Gasteiger partial charge in [-0.2, -0.15) is 0 Å². The normalized spacial score (nSPS) is 15.6. The van der Waals surface area contributed by atoms with Gasteiger partial charge >= 0.3 is 0 Å². The van der Waals surface area contributed by atoms with Crippen LogP contribution in [0, 0.1) is 0 Å². The standard InChI is InChI=1S/C31H43N5O5/c32-20-26(33)24-6-4-5-22(19-24)12-17-40-18-13-29(39)36(25-7-2-1-3-8-25)16-15-34-14-11-23-9-10-27(37)30-31(23)41-21-28(38)35-30/h4-6,9-10,19-20,25,34,37H,1-3,7-8,11-18,21,32-33H2,(H,35,38)/b26-20-. The molecule has 2 aromatic carbocycles. The van der Waals surface area contributed by atoms with Gasteiger partial charge in [0.2, 0.25) is 5.91 Å². The van der Waals surface area contributed by atoms with Crippen LogP contribution in [-0.4, -0.2) is 67.3 Å². The number of phenolic OH excluding ortho intramolecular Hbond substituents is 1. The minimum atomic E-state index is -0.280. The fraction of sp³-hybridized carbons (Fsp3) is 0.484. The van der Waals surface area contributed by atoms with E-state index in [0.717, 1.165) is 48.8 Å². The summed E-state index contributed by atoms with van der Waals surface area (Å²) < 4.78 is 11.4. The van der Waals surface area contributed by atoms with Gasteiger partial charge in [0.1, 0.15) is 11.4 Å². The van der Waals surface area contributed by atoms with E-state index in [9.17, 15) is 14.7 Å². The second kappa shape index (κ2) is 15.3. The molecule has 0 radical (unpaired) electrons. The lowest BCUT2D eigenvalue weighted by molar-refractivity contribution is -0.135. The average Bonchev–Trinajstić information content (AvgIpc) is 3.00. The van der Waals surface area contributed by atoms with E-state index in [0.29, 0.717) is 62.8 Å². The molecule has 4 rings (SSSR count). The van der Waals surface area contributed by atoms with E-state index in [2.05, 4.69) is 10.6 Å². The molecule has 0 bridgehead atoms. The molecule has 7 N–H and O–H groups in total. The number of carbonyl (C=O) groups excluding carboxylic acids is 2. The molecular formula is C31H43N5O5. The minimum Gasteiger partial charge on any atom is -0.506 e. The van der Waals surface area contributed by atoms with Crippen LogP contribution in [0.4, 0.5) is 5.69 Å². The van der Waals surface area contributed by atoms with Gasteiger partial charge in [-0.15, -0.1) is 0 Å². The number of amides is 2. The Bertz CT molecular complexity index is 1210. The van der Waals surface area contributed by atoms with Crippen molar-refractivity contribution in [2.24, 2.45) is 11.5 Å². The Morgan fingerprint density at radius 3 is 2.78 bits per heavy atom. The van der Waals surface area contributed by atoms with Crippen LogP contribution in [0.5, 0.6) is 11.5 Å². The molecule has 0 aromatic heterocycles. The van der Waals surface area contributed by atoms with Gasteiger partial charge in [-0.05, 0) is 61.1 Å². The van der Waals surface area contributed by atoms with E-state index >= 15 is 0 Å². The molecule has 2 aliphatic rings. The van der Waals surface area contributed by atoms with Gasteiger partial charge in [0.15, 0.2) is 12.4 Å². The van der Waals surface area contributed by atoms with E-state index in [1.165, 1.54) is 12.6 Å². The highest BCUT2D eigenvalue weighted by Crippen LogP contribution is 2.39. The largest absolute Gasteiger partial charge is 0.506 e. The summed E-state index contributed by atoms with van der Waals surface area (Å²) in [6.45, 7) is 2.86. The van der Waals surface area contributed by atoms with Gasteiger partial charge in [0.05, 0.1) is 25.3 Å². The Labute approximate surface area is 242 Å². The number of nitrogens with one attached hydrogen (secondary N) is 2. The summed E-state index contributed by atoms with van der Waals surface area (Å²) in [6, 6.07) is 11.6. The lowest BCUT2D eigenvalue weighted by atomic mass is 9.94. The van der Waals surface area contributed by atoms with Crippen LogP contribution < -0.4 is 26.8 Å². The molecule has 41 heavy (non-hydrogen) atoms. The quantitative estimate of drug-likeness (QED) is 0.173. The van der Waals surface area contributed by atoms with Crippen molar-refractivity contribution < 1.29 is 24.2 Å². The van der Waals surface area contributed by atoms with Gasteiger partial charge in [-0.1, -0.05) is 43.5 Å². The second-order valence-electron chi connectivity index (χ2n) is 10.6. The number of hydrogen-bond donors (Lipinski definition) is 5. The van der Waals surface area contributed by atoms with E-state index in [4.69, 9.17) is 20.9 Å². The van der Waals surface area contributed by atoms with Gasteiger partial charge in [-0.3, -0.25) is 9.59 Å². The molecule has 0 saturated heterocycles. The molecule has 2 aromatic rings. The third kappa shape index (κ3) is 8.61. The average molecular weight is 566 g/mol. The molecule has 1 heterocycles. The van der Waals surface area contributed by atoms with E-state index < -0.39 is 0 Å². The van der Waals surface area contributed by atoms with Crippen LogP contribution in [0.3, 0.4) is 0 Å². The molecule has 0 atom stereocenters. The van der Waals surface area contributed by atoms with Crippen molar-refractivity contribution in [1.29, 1.82) is 0 Å². The van der Waals surface area contributed by atoms with Crippen molar-refractivity contribution in [3.05, 3.63) is 59.3 Å². The van der Waals surface area contributed by atoms with Crippen LogP contribution in [0.15, 0.2) is 42.6 Å². The topological polar surface area (TPSA) is 152 Å². The second-order valence-corrected chi connectivity index (χ2v) is 10.6. The molecule has 0 unspecified atom stereocenters. The molecular weight excluding hydrogens is 522 g/mol. The zero-order valence-corrected chi connectivity index (χ0v) is 23.7. The zero-order valence-electron chi connectivity index (χ0n) is 23.7. The summed E-state index contributed by atoms with van der Waals surface area (Å²) in [4.78, 5) is 26.9. The fourth-order valence-electron chi connectivity index (χ4n) is 5.46. The summed E-state index contributed by atoms with van der Waals surface area (Å²) >= 11 is 0. The third-order valence-electron chi connectivity index (χ3n) is 7.70. The number of nitrogens with zero attached hydrogens (tertiary/aromatic N) is 1. The van der Waals surface area contributed by atoms with Crippen molar-refractivity contribution in [3.8, 4) is 11.5 Å². The third-order valence-corrected chi connectivity index (χ3v) is 7.70. The molecule has 222 valence electrons. The first-order valence-corrected chi connectivity index (χ1v) is 14.6. The number of carbonyl (C=O) groups is 2. The Kier molecular flexibility index (Phi) is 11.3. The molecule has 1 aliphatic heterocycles. The molecule has 1 aliphatic carbocycles. The molecule has 0 spiro atoms. The van der Waals surface area contributed by atoms with E-state index in [-0.39, 0.29) is 30.2 Å². The summed E-state index contributed by atoms with van der Waals surface area (Å²) in [5, 5.41) is 16.2. The number of hydrogen-bond acceptors (Lipinski definition) is 8. The zero-order chi connectivity index (χ0) is 29.0. The summed E-state index contributed by atoms with van der Waals surface area (Å²) in [5.74, 6) is 0.375. The van der Waals surface area contributed by atoms with Crippen molar-refractivity contribution in [3.63, 3.8) is 0 Å². The number of rotatable bonds is 14. The first kappa shape index (κ1) is 30.2. The van der Waals surface area contributed by atoms with Crippen LogP contribution in [0.1, 0.15) is 55.2 Å². The SMILES string of the molecule is N/C=C(\N)c1cccc(CCOCCC(=O)N(CCNCCc2ccc(O)c3c2OCC(=O)N3)C2CCCCC2)c1. The summed E-state index contributed by atoms with van der Waals surface area (Å²) in [6.07, 6.45) is 8.80. The van der Waals surface area contributed by atoms with Gasteiger partial charge < -0.3 is 41.6 Å². The number of nitrogens with two attached hydrogens (primary N) is 2. The molecule has 10 nitrogen and oxygen atoms in total. The number of phenols is 1. The van der Waals surface area contributed by atoms with Crippen molar-refractivity contribution in [2.75, 3.05) is 44.8 Å². The molecule has 2 amide bonds. The van der Waals surface area contributed by atoms with Gasteiger partial charge in [0, 0.05) is 25.3 Å². The first-order chi connectivity index (χ1) is 20.0. The Morgan fingerprint density at radius 1 is 1.15 bits per heavy atom. The highest BCUT2D eigenvalue weighted by molar-refractivity contribution is 5.97. The van der Waals surface area contributed by atoms with E-state index in [1.807, 2.05) is 35.2 Å². The summed E-state index contributed by atoms with van der Waals surface area (Å²) in [7, 11) is 0. The molecule has 10 heteroatoms. The summed E-state index contributed by atoms with van der Waals surface area (Å²) in [5.41, 5.74) is 15.2. The predicted molar refractivity (Wildman–Crippen MR) is 159 cm³/mol. The monoisotopic (exact) mass is 565 g/mol. The molecule has 1 fully saturated rings. The number of benzene rings is 2. The predicted octanol–water partition coefficient (Wildman–Crippen LogP) is 2.88. The Morgan fingerprint density at radius 2 is 1.98 bits per heavy atom. The van der Waals surface area contributed by atoms with Crippen LogP contribution in [0.25, 0.3) is 5.70 Å². The maximum atomic E-state index is 13.2.